The van der Waals surface area contributed by atoms with Gasteiger partial charge in [0.1, 0.15) is 5.82 Å². The Labute approximate surface area is 121 Å². The Bertz CT molecular complexity index is 813. The van der Waals surface area contributed by atoms with Crippen LogP contribution in [0.25, 0.3) is 10.8 Å². The number of anilines is 1. The van der Waals surface area contributed by atoms with Gasteiger partial charge in [-0.3, -0.25) is 5.10 Å². The predicted octanol–water partition coefficient (Wildman–Crippen LogP) is 2.61. The van der Waals surface area contributed by atoms with E-state index in [1.165, 1.54) is 0 Å². The second-order valence-electron chi connectivity index (χ2n) is 4.96. The third-order valence-electron chi connectivity index (χ3n) is 3.64. The molecule has 3 aromatic rings. The van der Waals surface area contributed by atoms with Crippen molar-refractivity contribution >= 4 is 16.6 Å². The first-order valence-electron chi connectivity index (χ1n) is 6.72. The van der Waals surface area contributed by atoms with Crippen LogP contribution in [0.1, 0.15) is 11.3 Å². The number of aromatic amines is 1. The summed E-state index contributed by atoms with van der Waals surface area (Å²) >= 11 is 0. The summed E-state index contributed by atoms with van der Waals surface area (Å²) in [5.74, 6) is 2.37. The number of pyridine rings is 1. The van der Waals surface area contributed by atoms with Gasteiger partial charge in [0.25, 0.3) is 0 Å². The van der Waals surface area contributed by atoms with Crippen molar-refractivity contribution in [2.75, 3.05) is 12.1 Å². The highest BCUT2D eigenvalue weighted by Crippen LogP contribution is 2.37. The maximum Gasteiger partial charge on any atom is 0.231 e. The molecule has 0 saturated heterocycles. The van der Waals surface area contributed by atoms with Crippen LogP contribution in [0.2, 0.25) is 0 Å². The number of aromatic nitrogens is 3. The van der Waals surface area contributed by atoms with Crippen LogP contribution in [0, 0.1) is 6.92 Å². The lowest BCUT2D eigenvalue weighted by Gasteiger charge is -2.09. The number of nitrogens with one attached hydrogen (secondary N) is 2. The van der Waals surface area contributed by atoms with E-state index < -0.39 is 0 Å². The highest BCUT2D eigenvalue weighted by Gasteiger charge is 2.15. The molecule has 0 spiro atoms. The second kappa shape index (κ2) is 4.66. The molecule has 1 aliphatic rings. The molecular formula is C15H14N4O2. The fraction of sp³-hybridized carbons (Fsp3) is 0.200. The van der Waals surface area contributed by atoms with Gasteiger partial charge in [0, 0.05) is 29.4 Å². The van der Waals surface area contributed by atoms with Gasteiger partial charge in [-0.1, -0.05) is 0 Å². The van der Waals surface area contributed by atoms with Crippen molar-refractivity contribution in [3.8, 4) is 11.5 Å². The van der Waals surface area contributed by atoms with Crippen molar-refractivity contribution in [3.05, 3.63) is 41.9 Å². The van der Waals surface area contributed by atoms with Crippen molar-refractivity contribution in [2.24, 2.45) is 0 Å². The smallest absolute Gasteiger partial charge is 0.231 e. The molecule has 0 bridgehead atoms. The zero-order chi connectivity index (χ0) is 14.2. The number of hydrogen-bond donors (Lipinski definition) is 2. The van der Waals surface area contributed by atoms with Crippen LogP contribution < -0.4 is 14.8 Å². The van der Waals surface area contributed by atoms with E-state index in [1.54, 1.807) is 6.20 Å². The molecule has 0 aliphatic carbocycles. The standard InChI is InChI=1S/C15H14N4O2/c1-9-11(7-18-19-9)6-17-15-12-5-14-13(20-8-21-14)4-10(12)2-3-16-15/h2-5,7H,6,8H2,1H3,(H,16,17)(H,18,19). The van der Waals surface area contributed by atoms with Gasteiger partial charge >= 0.3 is 0 Å². The number of hydrogen-bond acceptors (Lipinski definition) is 5. The molecule has 2 N–H and O–H groups in total. The summed E-state index contributed by atoms with van der Waals surface area (Å²) in [5, 5.41) is 12.4. The normalized spacial score (nSPS) is 12.8. The summed E-state index contributed by atoms with van der Waals surface area (Å²) in [5.41, 5.74) is 2.18. The van der Waals surface area contributed by atoms with Crippen molar-refractivity contribution in [1.29, 1.82) is 0 Å². The fourth-order valence-electron chi connectivity index (χ4n) is 2.44. The van der Waals surface area contributed by atoms with Crippen LogP contribution >= 0.6 is 0 Å². The molecule has 106 valence electrons. The Morgan fingerprint density at radius 3 is 2.95 bits per heavy atom. The Kier molecular flexibility index (Phi) is 2.67. The third kappa shape index (κ3) is 2.05. The van der Waals surface area contributed by atoms with Gasteiger partial charge in [-0.2, -0.15) is 5.10 Å². The van der Waals surface area contributed by atoms with Crippen molar-refractivity contribution in [1.82, 2.24) is 15.2 Å². The van der Waals surface area contributed by atoms with E-state index in [2.05, 4.69) is 20.5 Å². The highest BCUT2D eigenvalue weighted by atomic mass is 16.7. The van der Waals surface area contributed by atoms with E-state index in [9.17, 15) is 0 Å². The Morgan fingerprint density at radius 1 is 1.29 bits per heavy atom. The van der Waals surface area contributed by atoms with E-state index >= 15 is 0 Å². The number of H-pyrrole nitrogens is 1. The molecule has 2 aromatic heterocycles. The third-order valence-corrected chi connectivity index (χ3v) is 3.64. The first kappa shape index (κ1) is 12.0. The fourth-order valence-corrected chi connectivity index (χ4v) is 2.44. The SMILES string of the molecule is Cc1[nH]ncc1CNc1nccc2cc3c(cc12)OCO3. The molecule has 0 amide bonds. The topological polar surface area (TPSA) is 72.1 Å². The van der Waals surface area contributed by atoms with Crippen LogP contribution in [0.4, 0.5) is 5.82 Å². The summed E-state index contributed by atoms with van der Waals surface area (Å²) in [4.78, 5) is 4.42. The lowest BCUT2D eigenvalue weighted by atomic mass is 10.1. The maximum atomic E-state index is 5.44. The summed E-state index contributed by atoms with van der Waals surface area (Å²) in [6.07, 6.45) is 3.61. The monoisotopic (exact) mass is 282 g/mol. The molecule has 0 unspecified atom stereocenters. The number of benzene rings is 1. The average molecular weight is 282 g/mol. The van der Waals surface area contributed by atoms with Gasteiger partial charge in [-0.15, -0.1) is 0 Å². The average Bonchev–Trinajstić information content (AvgIpc) is 3.11. The Balaban J connectivity index is 1.70. The van der Waals surface area contributed by atoms with Crippen LogP contribution in [0.3, 0.4) is 0 Å². The molecule has 6 heteroatoms. The van der Waals surface area contributed by atoms with Gasteiger partial charge in [0.05, 0.1) is 6.20 Å². The van der Waals surface area contributed by atoms with E-state index in [4.69, 9.17) is 9.47 Å². The minimum absolute atomic E-state index is 0.274. The summed E-state index contributed by atoms with van der Waals surface area (Å²) in [6.45, 7) is 2.94. The first-order valence-corrected chi connectivity index (χ1v) is 6.72. The van der Waals surface area contributed by atoms with Gasteiger partial charge in [-0.05, 0) is 30.5 Å². The zero-order valence-electron chi connectivity index (χ0n) is 11.5. The Hall–Kier alpha value is -2.76. The molecule has 21 heavy (non-hydrogen) atoms. The Morgan fingerprint density at radius 2 is 2.14 bits per heavy atom. The van der Waals surface area contributed by atoms with E-state index in [0.29, 0.717) is 6.54 Å². The first-order chi connectivity index (χ1) is 10.3. The summed E-state index contributed by atoms with van der Waals surface area (Å²) < 4.78 is 10.8. The summed E-state index contributed by atoms with van der Waals surface area (Å²) in [7, 11) is 0. The van der Waals surface area contributed by atoms with Crippen molar-refractivity contribution in [2.45, 2.75) is 13.5 Å². The molecule has 1 aromatic carbocycles. The van der Waals surface area contributed by atoms with E-state index in [0.717, 1.165) is 39.3 Å². The molecule has 4 rings (SSSR count). The van der Waals surface area contributed by atoms with Gasteiger partial charge < -0.3 is 14.8 Å². The lowest BCUT2D eigenvalue weighted by molar-refractivity contribution is 0.174. The molecule has 0 saturated carbocycles. The molecule has 1 aliphatic heterocycles. The second-order valence-corrected chi connectivity index (χ2v) is 4.96. The van der Waals surface area contributed by atoms with Crippen LogP contribution in [-0.2, 0) is 6.54 Å². The molecule has 0 atom stereocenters. The molecular weight excluding hydrogens is 268 g/mol. The number of fused-ring (bicyclic) bond motifs is 2. The number of aryl methyl sites for hydroxylation is 1. The van der Waals surface area contributed by atoms with Gasteiger partial charge in [-0.25, -0.2) is 4.98 Å². The van der Waals surface area contributed by atoms with Crippen LogP contribution in [0.5, 0.6) is 11.5 Å². The zero-order valence-corrected chi connectivity index (χ0v) is 11.5. The molecule has 6 nitrogen and oxygen atoms in total. The molecule has 0 radical (unpaired) electrons. The van der Waals surface area contributed by atoms with Gasteiger partial charge in [0.15, 0.2) is 11.5 Å². The summed E-state index contributed by atoms with van der Waals surface area (Å²) in [6, 6.07) is 5.91. The largest absolute Gasteiger partial charge is 0.454 e. The highest BCUT2D eigenvalue weighted by molar-refractivity contribution is 5.94. The number of rotatable bonds is 3. The minimum Gasteiger partial charge on any atom is -0.454 e. The minimum atomic E-state index is 0.274. The molecule has 3 heterocycles. The number of nitrogens with zero attached hydrogens (tertiary/aromatic N) is 2. The van der Waals surface area contributed by atoms with Crippen LogP contribution in [0.15, 0.2) is 30.6 Å². The van der Waals surface area contributed by atoms with Crippen molar-refractivity contribution < 1.29 is 9.47 Å². The van der Waals surface area contributed by atoms with E-state index in [1.807, 2.05) is 31.3 Å². The lowest BCUT2D eigenvalue weighted by Crippen LogP contribution is -2.02. The molecule has 0 fully saturated rings. The predicted molar refractivity (Wildman–Crippen MR) is 78.5 cm³/mol. The quantitative estimate of drug-likeness (QED) is 0.772. The van der Waals surface area contributed by atoms with E-state index in [-0.39, 0.29) is 6.79 Å². The number of ether oxygens (including phenoxy) is 2. The maximum absolute atomic E-state index is 5.44. The van der Waals surface area contributed by atoms with Gasteiger partial charge in [0.2, 0.25) is 6.79 Å². The van der Waals surface area contributed by atoms with Crippen LogP contribution in [-0.4, -0.2) is 22.0 Å². The van der Waals surface area contributed by atoms with Crippen molar-refractivity contribution in [3.63, 3.8) is 0 Å².